The van der Waals surface area contributed by atoms with Gasteiger partial charge in [-0.1, -0.05) is 0 Å². The number of ether oxygens (including phenoxy) is 1. The number of imidazole rings is 1. The molecule has 0 bridgehead atoms. The molecule has 0 fully saturated rings. The second-order valence-corrected chi connectivity index (χ2v) is 2.19. The minimum Gasteiger partial charge on any atom is -0.464 e. The number of nitrogens with zero attached hydrogens (tertiary/aromatic N) is 1. The predicted octanol–water partition coefficient (Wildman–Crippen LogP) is 0.317. The highest BCUT2D eigenvalue weighted by molar-refractivity contribution is 5.95. The lowest BCUT2D eigenvalue weighted by Gasteiger charge is -1.93. The normalized spacial score (nSPS) is 9.50. The van der Waals surface area contributed by atoms with Gasteiger partial charge in [0.2, 0.25) is 0 Å². The van der Waals surface area contributed by atoms with Crippen molar-refractivity contribution in [3.05, 3.63) is 17.2 Å². The second-order valence-electron chi connectivity index (χ2n) is 2.19. The number of carbonyl (C=O) groups excluding carboxylic acids is 2. The smallest absolute Gasteiger partial charge is 0.356 e. The highest BCUT2D eigenvalue weighted by Crippen LogP contribution is 2.04. The molecule has 0 aliphatic rings. The van der Waals surface area contributed by atoms with E-state index in [0.29, 0.717) is 12.1 Å². The van der Waals surface area contributed by atoms with E-state index in [1.807, 2.05) is 0 Å². The SMILES string of the molecule is COC(=O)c1[nH]c(C)nc1C=O. The average Bonchev–Trinajstić information content (AvgIpc) is 2.45. The number of esters is 1. The van der Waals surface area contributed by atoms with Crippen LogP contribution in [0.1, 0.15) is 26.8 Å². The first-order valence-corrected chi connectivity index (χ1v) is 3.29. The number of aromatic nitrogens is 2. The maximum Gasteiger partial charge on any atom is 0.356 e. The molecule has 12 heavy (non-hydrogen) atoms. The van der Waals surface area contributed by atoms with Crippen molar-refractivity contribution < 1.29 is 14.3 Å². The molecule has 1 aromatic heterocycles. The largest absolute Gasteiger partial charge is 0.464 e. The fraction of sp³-hybridized carbons (Fsp3) is 0.286. The summed E-state index contributed by atoms with van der Waals surface area (Å²) in [4.78, 5) is 27.7. The third-order valence-corrected chi connectivity index (χ3v) is 1.35. The van der Waals surface area contributed by atoms with E-state index >= 15 is 0 Å². The van der Waals surface area contributed by atoms with E-state index in [4.69, 9.17) is 0 Å². The van der Waals surface area contributed by atoms with E-state index in [1.165, 1.54) is 7.11 Å². The zero-order chi connectivity index (χ0) is 9.14. The van der Waals surface area contributed by atoms with Gasteiger partial charge in [-0.15, -0.1) is 0 Å². The van der Waals surface area contributed by atoms with Crippen LogP contribution in [0.4, 0.5) is 0 Å². The van der Waals surface area contributed by atoms with Crippen LogP contribution < -0.4 is 0 Å². The summed E-state index contributed by atoms with van der Waals surface area (Å²) >= 11 is 0. The summed E-state index contributed by atoms with van der Waals surface area (Å²) in [5, 5.41) is 0. The molecular weight excluding hydrogens is 160 g/mol. The van der Waals surface area contributed by atoms with Crippen molar-refractivity contribution in [3.63, 3.8) is 0 Å². The number of nitrogens with one attached hydrogen (secondary N) is 1. The molecule has 0 radical (unpaired) electrons. The van der Waals surface area contributed by atoms with Gasteiger partial charge in [0.25, 0.3) is 0 Å². The number of hydrogen-bond donors (Lipinski definition) is 1. The summed E-state index contributed by atoms with van der Waals surface area (Å²) in [5.74, 6) is -0.0739. The van der Waals surface area contributed by atoms with Crippen LogP contribution in [0.3, 0.4) is 0 Å². The Kier molecular flexibility index (Phi) is 2.23. The quantitative estimate of drug-likeness (QED) is 0.509. The van der Waals surface area contributed by atoms with Crippen molar-refractivity contribution in [2.75, 3.05) is 7.11 Å². The first-order valence-electron chi connectivity index (χ1n) is 3.29. The third-order valence-electron chi connectivity index (χ3n) is 1.35. The Hall–Kier alpha value is -1.65. The number of H-pyrrole nitrogens is 1. The Balaban J connectivity index is 3.12. The van der Waals surface area contributed by atoms with Gasteiger partial charge in [0.15, 0.2) is 12.0 Å². The van der Waals surface area contributed by atoms with E-state index in [1.54, 1.807) is 6.92 Å². The van der Waals surface area contributed by atoms with Crippen LogP contribution in [0.15, 0.2) is 0 Å². The molecule has 0 unspecified atom stereocenters. The van der Waals surface area contributed by atoms with Crippen molar-refractivity contribution in [3.8, 4) is 0 Å². The molecule has 0 amide bonds. The maximum absolute atomic E-state index is 11.0. The fourth-order valence-electron chi connectivity index (χ4n) is 0.852. The number of aromatic amines is 1. The number of aldehydes is 1. The van der Waals surface area contributed by atoms with Gasteiger partial charge >= 0.3 is 5.97 Å². The lowest BCUT2D eigenvalue weighted by Crippen LogP contribution is -2.04. The second kappa shape index (κ2) is 3.17. The number of hydrogen-bond acceptors (Lipinski definition) is 4. The van der Waals surface area contributed by atoms with Gasteiger partial charge in [0.1, 0.15) is 11.5 Å². The van der Waals surface area contributed by atoms with E-state index in [2.05, 4.69) is 14.7 Å². The van der Waals surface area contributed by atoms with Crippen LogP contribution in [-0.4, -0.2) is 29.3 Å². The van der Waals surface area contributed by atoms with Crippen LogP contribution in [0, 0.1) is 6.92 Å². The van der Waals surface area contributed by atoms with Gasteiger partial charge in [0.05, 0.1) is 7.11 Å². The minimum absolute atomic E-state index is 0.0827. The Morgan fingerprint density at radius 1 is 1.67 bits per heavy atom. The molecule has 0 atom stereocenters. The van der Waals surface area contributed by atoms with Gasteiger partial charge in [0, 0.05) is 0 Å². The van der Waals surface area contributed by atoms with Crippen molar-refractivity contribution >= 4 is 12.3 Å². The predicted molar refractivity (Wildman–Crippen MR) is 40.1 cm³/mol. The minimum atomic E-state index is -0.585. The van der Waals surface area contributed by atoms with E-state index < -0.39 is 5.97 Å². The van der Waals surface area contributed by atoms with Crippen molar-refractivity contribution in [1.29, 1.82) is 0 Å². The van der Waals surface area contributed by atoms with Crippen molar-refractivity contribution in [1.82, 2.24) is 9.97 Å². The average molecular weight is 168 g/mol. The summed E-state index contributed by atoms with van der Waals surface area (Å²) in [6, 6.07) is 0. The number of rotatable bonds is 2. The molecule has 1 heterocycles. The topological polar surface area (TPSA) is 72.1 Å². The van der Waals surface area contributed by atoms with Gasteiger partial charge in [-0.25, -0.2) is 9.78 Å². The molecule has 0 spiro atoms. The van der Waals surface area contributed by atoms with Gasteiger partial charge in [-0.2, -0.15) is 0 Å². The molecule has 5 heteroatoms. The van der Waals surface area contributed by atoms with Crippen LogP contribution >= 0.6 is 0 Å². The third kappa shape index (κ3) is 1.34. The Morgan fingerprint density at radius 2 is 2.33 bits per heavy atom. The van der Waals surface area contributed by atoms with Crippen LogP contribution in [-0.2, 0) is 4.74 Å². The van der Waals surface area contributed by atoms with E-state index in [9.17, 15) is 9.59 Å². The molecular formula is C7H8N2O3. The lowest BCUT2D eigenvalue weighted by molar-refractivity contribution is 0.0592. The molecule has 1 N–H and O–H groups in total. The van der Waals surface area contributed by atoms with Gasteiger partial charge in [-0.05, 0) is 6.92 Å². The van der Waals surface area contributed by atoms with Crippen LogP contribution in [0.2, 0.25) is 0 Å². The number of methoxy groups -OCH3 is 1. The highest BCUT2D eigenvalue weighted by atomic mass is 16.5. The molecule has 5 nitrogen and oxygen atoms in total. The van der Waals surface area contributed by atoms with Crippen LogP contribution in [0.5, 0.6) is 0 Å². The first-order chi connectivity index (χ1) is 5.69. The molecule has 1 aromatic rings. The zero-order valence-electron chi connectivity index (χ0n) is 6.75. The molecule has 0 aliphatic carbocycles. The molecule has 0 aromatic carbocycles. The molecule has 64 valence electrons. The van der Waals surface area contributed by atoms with Crippen molar-refractivity contribution in [2.24, 2.45) is 0 Å². The van der Waals surface area contributed by atoms with Crippen molar-refractivity contribution in [2.45, 2.75) is 6.92 Å². The number of aryl methyl sites for hydroxylation is 1. The molecule has 0 saturated carbocycles. The standard InChI is InChI=1S/C7H8N2O3/c1-4-8-5(3-10)6(9-4)7(11)12-2/h3H,1-2H3,(H,8,9). The van der Waals surface area contributed by atoms with Gasteiger partial charge < -0.3 is 9.72 Å². The summed E-state index contributed by atoms with van der Waals surface area (Å²) in [6.45, 7) is 1.65. The zero-order valence-corrected chi connectivity index (χ0v) is 6.75. The highest BCUT2D eigenvalue weighted by Gasteiger charge is 2.15. The Morgan fingerprint density at radius 3 is 2.83 bits per heavy atom. The summed E-state index contributed by atoms with van der Waals surface area (Å²) in [5.41, 5.74) is 0.185. The van der Waals surface area contributed by atoms with Gasteiger partial charge in [-0.3, -0.25) is 4.79 Å². The lowest BCUT2D eigenvalue weighted by atomic mass is 10.3. The molecule has 0 saturated heterocycles. The summed E-state index contributed by atoms with van der Waals surface area (Å²) < 4.78 is 4.42. The monoisotopic (exact) mass is 168 g/mol. The first kappa shape index (κ1) is 8.45. The number of carbonyl (C=O) groups is 2. The Labute approximate surface area is 68.8 Å². The Bertz CT molecular complexity index is 316. The van der Waals surface area contributed by atoms with E-state index in [0.717, 1.165) is 0 Å². The maximum atomic E-state index is 11.0. The fourth-order valence-corrected chi connectivity index (χ4v) is 0.852. The molecule has 0 aliphatic heterocycles. The van der Waals surface area contributed by atoms with E-state index in [-0.39, 0.29) is 11.4 Å². The summed E-state index contributed by atoms with van der Waals surface area (Å²) in [7, 11) is 1.24. The summed E-state index contributed by atoms with van der Waals surface area (Å²) in [6.07, 6.45) is 0.510. The molecule has 1 rings (SSSR count). The van der Waals surface area contributed by atoms with Crippen LogP contribution in [0.25, 0.3) is 0 Å².